The third kappa shape index (κ3) is 1.79. The summed E-state index contributed by atoms with van der Waals surface area (Å²) in [6, 6.07) is 1.55. The largest absolute Gasteiger partial charge is 0.504 e. The molecular formula is C12H16O3. The smallest absolute Gasteiger partial charge is 0.160 e. The van der Waals surface area contributed by atoms with Crippen LogP contribution in [0.4, 0.5) is 0 Å². The summed E-state index contributed by atoms with van der Waals surface area (Å²) in [6.45, 7) is 3.67. The van der Waals surface area contributed by atoms with Gasteiger partial charge in [0.05, 0.1) is 5.60 Å². The Hall–Kier alpha value is -1.22. The van der Waals surface area contributed by atoms with Gasteiger partial charge in [0.1, 0.15) is 0 Å². The highest BCUT2D eigenvalue weighted by Crippen LogP contribution is 2.41. The van der Waals surface area contributed by atoms with Gasteiger partial charge in [-0.15, -0.1) is 0 Å². The molecule has 0 aromatic heterocycles. The average Bonchev–Trinajstić information content (AvgIpc) is 2.89. The molecule has 0 spiro atoms. The van der Waals surface area contributed by atoms with Crippen molar-refractivity contribution in [1.82, 2.24) is 0 Å². The predicted molar refractivity (Wildman–Crippen MR) is 57.1 cm³/mol. The third-order valence-corrected chi connectivity index (χ3v) is 3.30. The molecule has 0 amide bonds. The lowest BCUT2D eigenvalue weighted by molar-refractivity contribution is 0.150. The lowest BCUT2D eigenvalue weighted by atomic mass is 9.96. The summed E-state index contributed by atoms with van der Waals surface area (Å²) >= 11 is 0. The van der Waals surface area contributed by atoms with Gasteiger partial charge in [0.25, 0.3) is 0 Å². The molecule has 1 saturated carbocycles. The maximum atomic E-state index is 9.81. The van der Waals surface area contributed by atoms with E-state index in [2.05, 4.69) is 0 Å². The molecular weight excluding hydrogens is 192 g/mol. The molecule has 1 aliphatic carbocycles. The van der Waals surface area contributed by atoms with Crippen LogP contribution < -0.4 is 0 Å². The molecule has 15 heavy (non-hydrogen) atoms. The Morgan fingerprint density at radius 1 is 1.20 bits per heavy atom. The van der Waals surface area contributed by atoms with Gasteiger partial charge in [-0.05, 0) is 49.4 Å². The Morgan fingerprint density at radius 3 is 2.33 bits per heavy atom. The van der Waals surface area contributed by atoms with Crippen molar-refractivity contribution in [2.24, 2.45) is 0 Å². The molecule has 0 unspecified atom stereocenters. The van der Waals surface area contributed by atoms with Crippen molar-refractivity contribution in [3.05, 3.63) is 22.8 Å². The first kappa shape index (κ1) is 10.3. The van der Waals surface area contributed by atoms with Crippen LogP contribution in [0.5, 0.6) is 11.5 Å². The molecule has 3 nitrogen and oxygen atoms in total. The number of hydrogen-bond acceptors (Lipinski definition) is 3. The van der Waals surface area contributed by atoms with Gasteiger partial charge in [0.2, 0.25) is 0 Å². The summed E-state index contributed by atoms with van der Waals surface area (Å²) < 4.78 is 0. The van der Waals surface area contributed by atoms with Crippen LogP contribution in [0, 0.1) is 13.8 Å². The highest BCUT2D eigenvalue weighted by Gasteiger charge is 2.40. The molecule has 0 saturated heterocycles. The van der Waals surface area contributed by atoms with Gasteiger partial charge in [-0.25, -0.2) is 0 Å². The maximum absolute atomic E-state index is 9.81. The summed E-state index contributed by atoms with van der Waals surface area (Å²) in [4.78, 5) is 0. The van der Waals surface area contributed by atoms with E-state index < -0.39 is 5.60 Å². The molecule has 1 fully saturated rings. The zero-order valence-electron chi connectivity index (χ0n) is 9.04. The van der Waals surface area contributed by atoms with E-state index in [1.165, 1.54) is 0 Å². The first-order valence-corrected chi connectivity index (χ1v) is 5.16. The second-order valence-corrected chi connectivity index (χ2v) is 4.55. The lowest BCUT2D eigenvalue weighted by Crippen LogP contribution is -2.12. The number of aromatic hydroxyl groups is 2. The Morgan fingerprint density at radius 2 is 1.80 bits per heavy atom. The second kappa shape index (κ2) is 3.14. The Kier molecular flexibility index (Phi) is 2.15. The standard InChI is InChI=1S/C12H16O3/c1-7-8(2)11(14)10(13)5-9(7)6-12(15)3-4-12/h5,13-15H,3-4,6H2,1-2H3. The highest BCUT2D eigenvalue weighted by molar-refractivity contribution is 5.52. The van der Waals surface area contributed by atoms with Crippen molar-refractivity contribution in [3.8, 4) is 11.5 Å². The highest BCUT2D eigenvalue weighted by atomic mass is 16.3. The third-order valence-electron chi connectivity index (χ3n) is 3.30. The van der Waals surface area contributed by atoms with Crippen LogP contribution in [0.15, 0.2) is 6.07 Å². The van der Waals surface area contributed by atoms with Gasteiger partial charge in [-0.1, -0.05) is 0 Å². The zero-order chi connectivity index (χ0) is 11.2. The Balaban J connectivity index is 2.39. The van der Waals surface area contributed by atoms with Crippen LogP contribution in [0.3, 0.4) is 0 Å². The number of phenols is 2. The molecule has 2 rings (SSSR count). The molecule has 0 heterocycles. The number of aliphatic hydroxyl groups is 1. The molecule has 0 radical (unpaired) electrons. The van der Waals surface area contributed by atoms with Crippen LogP contribution in [-0.2, 0) is 6.42 Å². The zero-order valence-corrected chi connectivity index (χ0v) is 9.04. The number of hydrogen-bond donors (Lipinski definition) is 3. The van der Waals surface area contributed by atoms with E-state index >= 15 is 0 Å². The van der Waals surface area contributed by atoms with Crippen LogP contribution in [0.1, 0.15) is 29.5 Å². The van der Waals surface area contributed by atoms with E-state index in [1.807, 2.05) is 6.92 Å². The molecule has 3 N–H and O–H groups in total. The summed E-state index contributed by atoms with van der Waals surface area (Å²) in [5.74, 6) is -0.156. The molecule has 82 valence electrons. The normalized spacial score (nSPS) is 17.8. The van der Waals surface area contributed by atoms with E-state index in [4.69, 9.17) is 0 Å². The summed E-state index contributed by atoms with van der Waals surface area (Å²) in [5.41, 5.74) is 1.99. The van der Waals surface area contributed by atoms with Gasteiger partial charge in [0, 0.05) is 6.42 Å². The summed E-state index contributed by atoms with van der Waals surface area (Å²) in [5, 5.41) is 28.8. The fourth-order valence-corrected chi connectivity index (χ4v) is 1.81. The van der Waals surface area contributed by atoms with Gasteiger partial charge >= 0.3 is 0 Å². The minimum Gasteiger partial charge on any atom is -0.504 e. The minimum absolute atomic E-state index is 0.0564. The molecule has 1 aromatic carbocycles. The topological polar surface area (TPSA) is 60.7 Å². The van der Waals surface area contributed by atoms with E-state index in [9.17, 15) is 15.3 Å². The van der Waals surface area contributed by atoms with Crippen molar-refractivity contribution >= 4 is 0 Å². The van der Waals surface area contributed by atoms with Crippen LogP contribution in [0.2, 0.25) is 0 Å². The molecule has 1 aromatic rings. The van der Waals surface area contributed by atoms with Crippen molar-refractivity contribution < 1.29 is 15.3 Å². The predicted octanol–water partition coefficient (Wildman–Crippen LogP) is 1.78. The monoisotopic (exact) mass is 208 g/mol. The fourth-order valence-electron chi connectivity index (χ4n) is 1.81. The lowest BCUT2D eigenvalue weighted by Gasteiger charge is -2.14. The molecule has 0 bridgehead atoms. The molecule has 3 heteroatoms. The average molecular weight is 208 g/mol. The number of phenolic OH excluding ortho intramolecular Hbond substituents is 2. The molecule has 1 aliphatic rings. The number of benzene rings is 1. The Bertz CT molecular complexity index is 406. The first-order valence-electron chi connectivity index (χ1n) is 5.16. The van der Waals surface area contributed by atoms with Gasteiger partial charge in [0.15, 0.2) is 11.5 Å². The number of rotatable bonds is 2. The van der Waals surface area contributed by atoms with Crippen molar-refractivity contribution in [2.75, 3.05) is 0 Å². The fraction of sp³-hybridized carbons (Fsp3) is 0.500. The van der Waals surface area contributed by atoms with Gasteiger partial charge < -0.3 is 15.3 Å². The minimum atomic E-state index is -0.569. The SMILES string of the molecule is Cc1c(CC2(O)CC2)cc(O)c(O)c1C. The molecule has 0 aliphatic heterocycles. The van der Waals surface area contributed by atoms with Crippen LogP contribution >= 0.6 is 0 Å². The quantitative estimate of drug-likeness (QED) is 0.649. The maximum Gasteiger partial charge on any atom is 0.160 e. The summed E-state index contributed by atoms with van der Waals surface area (Å²) in [7, 11) is 0. The first-order chi connectivity index (χ1) is 6.93. The van der Waals surface area contributed by atoms with Crippen molar-refractivity contribution in [3.63, 3.8) is 0 Å². The van der Waals surface area contributed by atoms with E-state index in [-0.39, 0.29) is 11.5 Å². The van der Waals surface area contributed by atoms with E-state index in [0.29, 0.717) is 12.0 Å². The van der Waals surface area contributed by atoms with Gasteiger partial charge in [-0.2, -0.15) is 0 Å². The van der Waals surface area contributed by atoms with E-state index in [1.54, 1.807) is 13.0 Å². The van der Waals surface area contributed by atoms with Crippen molar-refractivity contribution in [2.45, 2.75) is 38.7 Å². The van der Waals surface area contributed by atoms with Gasteiger partial charge in [-0.3, -0.25) is 0 Å². The van der Waals surface area contributed by atoms with E-state index in [0.717, 1.165) is 24.0 Å². The Labute approximate surface area is 89.0 Å². The second-order valence-electron chi connectivity index (χ2n) is 4.55. The molecule has 0 atom stereocenters. The summed E-state index contributed by atoms with van der Waals surface area (Å²) in [6.07, 6.45) is 2.22. The van der Waals surface area contributed by atoms with Crippen LogP contribution in [0.25, 0.3) is 0 Å². The van der Waals surface area contributed by atoms with Crippen LogP contribution in [-0.4, -0.2) is 20.9 Å². The van der Waals surface area contributed by atoms with Crippen molar-refractivity contribution in [1.29, 1.82) is 0 Å².